The first-order valence-electron chi connectivity index (χ1n) is 7.63. The third kappa shape index (κ3) is 6.60. The molecule has 1 unspecified atom stereocenters. The van der Waals surface area contributed by atoms with Crippen LogP contribution < -0.4 is 0 Å². The van der Waals surface area contributed by atoms with E-state index >= 15 is 0 Å². The highest BCUT2D eigenvalue weighted by Crippen LogP contribution is 2.14. The molecule has 0 fully saturated rings. The van der Waals surface area contributed by atoms with Crippen molar-refractivity contribution in [2.45, 2.75) is 64.9 Å². The molecule has 1 atom stereocenters. The van der Waals surface area contributed by atoms with Crippen molar-refractivity contribution >= 4 is 5.97 Å². The van der Waals surface area contributed by atoms with E-state index in [0.29, 0.717) is 5.56 Å². The van der Waals surface area contributed by atoms with Crippen LogP contribution >= 0.6 is 0 Å². The van der Waals surface area contributed by atoms with Gasteiger partial charge >= 0.3 is 5.97 Å². The van der Waals surface area contributed by atoms with E-state index in [1.54, 1.807) is 12.1 Å². The second-order valence-corrected chi connectivity index (χ2v) is 5.32. The van der Waals surface area contributed by atoms with Gasteiger partial charge in [0.2, 0.25) is 0 Å². The summed E-state index contributed by atoms with van der Waals surface area (Å²) in [5.41, 5.74) is 0.484. The summed E-state index contributed by atoms with van der Waals surface area (Å²) in [6.07, 6.45) is 8.32. The minimum atomic E-state index is -0.316. The van der Waals surface area contributed by atoms with E-state index in [-0.39, 0.29) is 17.8 Å². The fourth-order valence-electron chi connectivity index (χ4n) is 2.12. The lowest BCUT2D eigenvalue weighted by molar-refractivity contribution is 0.0319. The van der Waals surface area contributed by atoms with Crippen LogP contribution in [0.15, 0.2) is 24.3 Å². The van der Waals surface area contributed by atoms with E-state index in [1.165, 1.54) is 44.2 Å². The molecule has 0 saturated carbocycles. The van der Waals surface area contributed by atoms with E-state index in [0.717, 1.165) is 12.8 Å². The van der Waals surface area contributed by atoms with Crippen molar-refractivity contribution < 1.29 is 14.6 Å². The monoisotopic (exact) mass is 278 g/mol. The van der Waals surface area contributed by atoms with E-state index in [9.17, 15) is 9.90 Å². The van der Waals surface area contributed by atoms with Crippen LogP contribution in [0.4, 0.5) is 0 Å². The number of unbranched alkanes of at least 4 members (excludes halogenated alkanes) is 5. The zero-order valence-corrected chi connectivity index (χ0v) is 12.6. The van der Waals surface area contributed by atoms with Crippen LogP contribution in [0.5, 0.6) is 5.75 Å². The lowest BCUT2D eigenvalue weighted by Gasteiger charge is -2.13. The summed E-state index contributed by atoms with van der Waals surface area (Å²) in [6.45, 7) is 4.15. The van der Waals surface area contributed by atoms with Crippen LogP contribution in [0.3, 0.4) is 0 Å². The Morgan fingerprint density at radius 3 is 2.35 bits per heavy atom. The molecule has 0 saturated heterocycles. The lowest BCUT2D eigenvalue weighted by Crippen LogP contribution is -2.14. The molecule has 3 nitrogen and oxygen atoms in total. The van der Waals surface area contributed by atoms with Gasteiger partial charge in [-0.25, -0.2) is 4.79 Å². The van der Waals surface area contributed by atoms with Crippen molar-refractivity contribution in [2.75, 3.05) is 0 Å². The van der Waals surface area contributed by atoms with Crippen LogP contribution in [-0.4, -0.2) is 17.2 Å². The summed E-state index contributed by atoms with van der Waals surface area (Å²) in [7, 11) is 0. The Morgan fingerprint density at radius 1 is 1.10 bits per heavy atom. The van der Waals surface area contributed by atoms with E-state index < -0.39 is 0 Å². The molecule has 0 aliphatic carbocycles. The Labute approximate surface area is 122 Å². The standard InChI is InChI=1S/C17H26O3/c1-3-4-5-6-7-8-9-14(2)20-17(19)15-10-12-16(18)13-11-15/h10-14,18H,3-9H2,1-2H3. The molecule has 112 valence electrons. The average molecular weight is 278 g/mol. The summed E-state index contributed by atoms with van der Waals surface area (Å²) >= 11 is 0. The van der Waals surface area contributed by atoms with Gasteiger partial charge in [0.1, 0.15) is 5.75 Å². The van der Waals surface area contributed by atoms with Gasteiger partial charge in [-0.3, -0.25) is 0 Å². The van der Waals surface area contributed by atoms with Crippen molar-refractivity contribution in [1.82, 2.24) is 0 Å². The summed E-state index contributed by atoms with van der Waals surface area (Å²) in [4.78, 5) is 11.8. The molecule has 1 aromatic carbocycles. The Hall–Kier alpha value is -1.51. The van der Waals surface area contributed by atoms with Gasteiger partial charge in [-0.05, 0) is 44.0 Å². The third-order valence-electron chi connectivity index (χ3n) is 3.38. The number of phenolic OH excluding ortho intramolecular Hbond substituents is 1. The van der Waals surface area contributed by atoms with E-state index in [4.69, 9.17) is 4.74 Å². The Bertz CT molecular complexity index is 384. The molecule has 0 radical (unpaired) electrons. The fraction of sp³-hybridized carbons (Fsp3) is 0.588. The molecule has 1 N–H and O–H groups in total. The summed E-state index contributed by atoms with van der Waals surface area (Å²) in [5.74, 6) is -0.162. The predicted molar refractivity (Wildman–Crippen MR) is 81.0 cm³/mol. The maximum Gasteiger partial charge on any atom is 0.338 e. The number of carbonyl (C=O) groups is 1. The largest absolute Gasteiger partial charge is 0.508 e. The smallest absolute Gasteiger partial charge is 0.338 e. The van der Waals surface area contributed by atoms with Gasteiger partial charge in [-0.2, -0.15) is 0 Å². The highest BCUT2D eigenvalue weighted by Gasteiger charge is 2.11. The number of hydrogen-bond donors (Lipinski definition) is 1. The van der Waals surface area contributed by atoms with Crippen LogP contribution in [0.25, 0.3) is 0 Å². The van der Waals surface area contributed by atoms with Gasteiger partial charge in [0.05, 0.1) is 11.7 Å². The van der Waals surface area contributed by atoms with Crippen LogP contribution in [0, 0.1) is 0 Å². The van der Waals surface area contributed by atoms with Crippen molar-refractivity contribution in [3.05, 3.63) is 29.8 Å². The van der Waals surface area contributed by atoms with Crippen LogP contribution in [0.1, 0.15) is 69.2 Å². The molecule has 0 amide bonds. The molecule has 0 aliphatic rings. The molecular weight excluding hydrogens is 252 g/mol. The normalized spacial score (nSPS) is 12.1. The average Bonchev–Trinajstić information content (AvgIpc) is 2.43. The van der Waals surface area contributed by atoms with Gasteiger partial charge in [-0.1, -0.05) is 39.0 Å². The molecule has 0 spiro atoms. The quantitative estimate of drug-likeness (QED) is 0.526. The zero-order chi connectivity index (χ0) is 14.8. The number of ether oxygens (including phenoxy) is 1. The molecular formula is C17H26O3. The molecule has 3 heteroatoms. The highest BCUT2D eigenvalue weighted by molar-refractivity contribution is 5.89. The number of rotatable bonds is 9. The number of phenols is 1. The fourth-order valence-corrected chi connectivity index (χ4v) is 2.12. The minimum absolute atomic E-state index is 0.0533. The SMILES string of the molecule is CCCCCCCCC(C)OC(=O)c1ccc(O)cc1. The van der Waals surface area contributed by atoms with Crippen molar-refractivity contribution in [3.8, 4) is 5.75 Å². The summed E-state index contributed by atoms with van der Waals surface area (Å²) < 4.78 is 5.38. The predicted octanol–water partition coefficient (Wildman–Crippen LogP) is 4.69. The number of aromatic hydroxyl groups is 1. The van der Waals surface area contributed by atoms with Crippen LogP contribution in [0.2, 0.25) is 0 Å². The number of carbonyl (C=O) groups excluding carboxylic acids is 1. The second kappa shape index (κ2) is 9.40. The molecule has 0 heterocycles. The van der Waals surface area contributed by atoms with E-state index in [1.807, 2.05) is 6.92 Å². The van der Waals surface area contributed by atoms with Gasteiger partial charge in [0, 0.05) is 0 Å². The summed E-state index contributed by atoms with van der Waals surface area (Å²) in [6, 6.07) is 6.15. The zero-order valence-electron chi connectivity index (χ0n) is 12.6. The Kier molecular flexibility index (Phi) is 7.78. The van der Waals surface area contributed by atoms with Gasteiger partial charge in [-0.15, -0.1) is 0 Å². The maximum atomic E-state index is 11.8. The number of hydrogen-bond acceptors (Lipinski definition) is 3. The summed E-state index contributed by atoms with van der Waals surface area (Å²) in [5, 5.41) is 9.17. The molecule has 1 rings (SSSR count). The van der Waals surface area contributed by atoms with Crippen molar-refractivity contribution in [1.29, 1.82) is 0 Å². The van der Waals surface area contributed by atoms with Crippen molar-refractivity contribution in [3.63, 3.8) is 0 Å². The van der Waals surface area contributed by atoms with Gasteiger partial charge in [0.15, 0.2) is 0 Å². The molecule has 0 aliphatic heterocycles. The minimum Gasteiger partial charge on any atom is -0.508 e. The topological polar surface area (TPSA) is 46.5 Å². The maximum absolute atomic E-state index is 11.8. The number of benzene rings is 1. The first kappa shape index (κ1) is 16.5. The van der Waals surface area contributed by atoms with E-state index in [2.05, 4.69) is 6.92 Å². The molecule has 0 bridgehead atoms. The Balaban J connectivity index is 2.19. The molecule has 1 aromatic rings. The molecule has 20 heavy (non-hydrogen) atoms. The first-order valence-corrected chi connectivity index (χ1v) is 7.63. The van der Waals surface area contributed by atoms with Gasteiger partial charge in [0.25, 0.3) is 0 Å². The first-order chi connectivity index (χ1) is 9.63. The second-order valence-electron chi connectivity index (χ2n) is 5.32. The number of esters is 1. The van der Waals surface area contributed by atoms with Gasteiger partial charge < -0.3 is 9.84 Å². The Morgan fingerprint density at radius 2 is 1.70 bits per heavy atom. The third-order valence-corrected chi connectivity index (χ3v) is 3.38. The van der Waals surface area contributed by atoms with Crippen molar-refractivity contribution in [2.24, 2.45) is 0 Å². The van der Waals surface area contributed by atoms with Crippen LogP contribution in [-0.2, 0) is 4.74 Å². The lowest BCUT2D eigenvalue weighted by atomic mass is 10.1. The molecule has 0 aromatic heterocycles. The highest BCUT2D eigenvalue weighted by atomic mass is 16.5.